The Bertz CT molecular complexity index is 1180. The van der Waals surface area contributed by atoms with E-state index in [1.165, 1.54) is 16.4 Å². The van der Waals surface area contributed by atoms with Gasteiger partial charge in [0.2, 0.25) is 27.5 Å². The van der Waals surface area contributed by atoms with Crippen molar-refractivity contribution in [3.63, 3.8) is 0 Å². The zero-order chi connectivity index (χ0) is 23.1. The minimum absolute atomic E-state index is 0.148. The van der Waals surface area contributed by atoms with Gasteiger partial charge in [0.15, 0.2) is 0 Å². The third kappa shape index (κ3) is 5.10. The second kappa shape index (κ2) is 10.3. The van der Waals surface area contributed by atoms with Crippen molar-refractivity contribution in [2.24, 2.45) is 0 Å². The average Bonchev–Trinajstić information content (AvgIpc) is 3.23. The summed E-state index contributed by atoms with van der Waals surface area (Å²) in [5, 5.41) is 12.5. The summed E-state index contributed by atoms with van der Waals surface area (Å²) in [6, 6.07) is 16.1. The lowest BCUT2D eigenvalue weighted by atomic mass is 10.1. The predicted molar refractivity (Wildman–Crippen MR) is 122 cm³/mol. The molecule has 1 heterocycles. The van der Waals surface area contributed by atoms with E-state index in [9.17, 15) is 13.7 Å². The number of hydrogen-bond acceptors (Lipinski definition) is 7. The van der Waals surface area contributed by atoms with Crippen LogP contribution in [0, 0.1) is 11.3 Å². The lowest BCUT2D eigenvalue weighted by molar-refractivity contribution is 0.414. The van der Waals surface area contributed by atoms with Crippen molar-refractivity contribution in [3.05, 3.63) is 59.8 Å². The lowest BCUT2D eigenvalue weighted by Gasteiger charge is -2.18. The van der Waals surface area contributed by atoms with Crippen molar-refractivity contribution in [2.45, 2.75) is 25.2 Å². The number of nitrogens with zero attached hydrogens (tertiary/aromatic N) is 3. The highest BCUT2D eigenvalue weighted by molar-refractivity contribution is 7.89. The molecule has 0 fully saturated rings. The van der Waals surface area contributed by atoms with Gasteiger partial charge in [-0.2, -0.15) is 14.6 Å². The Kier molecular flexibility index (Phi) is 7.51. The Hall–Kier alpha value is -3.35. The molecule has 1 N–H and O–H groups in total. The van der Waals surface area contributed by atoms with E-state index in [4.69, 9.17) is 9.15 Å². The molecule has 9 heteroatoms. The third-order valence-corrected chi connectivity index (χ3v) is 7.10. The average molecular weight is 455 g/mol. The number of rotatable bonds is 10. The molecule has 1 aromatic heterocycles. The highest BCUT2D eigenvalue weighted by atomic mass is 32.2. The van der Waals surface area contributed by atoms with Crippen LogP contribution in [0.2, 0.25) is 0 Å². The summed E-state index contributed by atoms with van der Waals surface area (Å²) in [4.78, 5) is 4.44. The van der Waals surface area contributed by atoms with Crippen molar-refractivity contribution >= 4 is 15.9 Å². The van der Waals surface area contributed by atoms with Gasteiger partial charge in [-0.3, -0.25) is 0 Å². The van der Waals surface area contributed by atoms with Crippen molar-refractivity contribution in [2.75, 3.05) is 32.1 Å². The van der Waals surface area contributed by atoms with E-state index >= 15 is 0 Å². The molecule has 0 spiro atoms. The highest BCUT2D eigenvalue weighted by Gasteiger charge is 2.22. The molecule has 0 radical (unpaired) electrons. The highest BCUT2D eigenvalue weighted by Crippen LogP contribution is 2.27. The Balaban J connectivity index is 1.72. The summed E-state index contributed by atoms with van der Waals surface area (Å²) < 4.78 is 37.6. The molecular formula is C23H26N4O4S. The van der Waals surface area contributed by atoms with E-state index < -0.39 is 10.0 Å². The van der Waals surface area contributed by atoms with Crippen LogP contribution in [0.5, 0.6) is 5.75 Å². The van der Waals surface area contributed by atoms with Crippen LogP contribution < -0.4 is 10.1 Å². The molecule has 0 amide bonds. The summed E-state index contributed by atoms with van der Waals surface area (Å²) in [7, 11) is -1.92. The van der Waals surface area contributed by atoms with Gasteiger partial charge in [0.25, 0.3) is 0 Å². The molecule has 0 saturated carbocycles. The molecule has 0 saturated heterocycles. The van der Waals surface area contributed by atoms with E-state index in [0.717, 1.165) is 17.7 Å². The van der Waals surface area contributed by atoms with Gasteiger partial charge in [0.1, 0.15) is 11.8 Å². The number of sulfonamides is 1. The van der Waals surface area contributed by atoms with E-state index in [1.54, 1.807) is 33.1 Å². The quantitative estimate of drug-likeness (QED) is 0.495. The largest absolute Gasteiger partial charge is 0.497 e. The van der Waals surface area contributed by atoms with E-state index in [-0.39, 0.29) is 22.4 Å². The first kappa shape index (κ1) is 23.3. The minimum atomic E-state index is -3.54. The predicted octanol–water partition coefficient (Wildman–Crippen LogP) is 3.91. The second-order valence-electron chi connectivity index (χ2n) is 6.95. The molecule has 3 rings (SSSR count). The van der Waals surface area contributed by atoms with Crippen LogP contribution in [-0.2, 0) is 16.4 Å². The summed E-state index contributed by atoms with van der Waals surface area (Å²) in [5.41, 5.74) is 1.85. The van der Waals surface area contributed by atoms with E-state index in [1.807, 2.05) is 30.3 Å². The monoisotopic (exact) mass is 454 g/mol. The number of benzene rings is 2. The molecule has 3 aromatic rings. The van der Waals surface area contributed by atoms with Crippen LogP contribution in [0.25, 0.3) is 11.5 Å². The fourth-order valence-corrected chi connectivity index (χ4v) is 4.69. The van der Waals surface area contributed by atoms with Crippen molar-refractivity contribution in [1.29, 1.82) is 5.26 Å². The Labute approximate surface area is 188 Å². The second-order valence-corrected chi connectivity index (χ2v) is 8.89. The summed E-state index contributed by atoms with van der Waals surface area (Å²) >= 11 is 0. The Morgan fingerprint density at radius 1 is 1.09 bits per heavy atom. The summed E-state index contributed by atoms with van der Waals surface area (Å²) in [6.07, 6.45) is 0.725. The van der Waals surface area contributed by atoms with Gasteiger partial charge < -0.3 is 14.5 Å². The molecule has 0 bridgehead atoms. The number of nitriles is 1. The van der Waals surface area contributed by atoms with Crippen LogP contribution in [-0.4, -0.2) is 44.5 Å². The first-order valence-corrected chi connectivity index (χ1v) is 11.7. The first-order chi connectivity index (χ1) is 15.4. The molecule has 0 aliphatic heterocycles. The van der Waals surface area contributed by atoms with Gasteiger partial charge in [0.05, 0.1) is 12.0 Å². The van der Waals surface area contributed by atoms with E-state index in [0.29, 0.717) is 25.2 Å². The van der Waals surface area contributed by atoms with Gasteiger partial charge in [-0.25, -0.2) is 8.42 Å². The standard InChI is InChI=1S/C23H26N4O4S/c1-4-27(5-2)32(28,29)20-12-8-18(9-13-20)22-26-21(16-24)23(31-22)25-15-14-17-6-10-19(30-3)11-7-17/h6-13,25H,4-5,14-15H2,1-3H3. The van der Waals surface area contributed by atoms with Gasteiger partial charge in [0, 0.05) is 25.2 Å². The number of hydrogen-bond donors (Lipinski definition) is 1. The minimum Gasteiger partial charge on any atom is -0.497 e. The smallest absolute Gasteiger partial charge is 0.243 e. The van der Waals surface area contributed by atoms with Crippen LogP contribution in [0.15, 0.2) is 57.8 Å². The Morgan fingerprint density at radius 3 is 2.31 bits per heavy atom. The number of oxazole rings is 1. The molecule has 168 valence electrons. The maximum atomic E-state index is 12.6. The lowest BCUT2D eigenvalue weighted by Crippen LogP contribution is -2.30. The van der Waals surface area contributed by atoms with Crippen molar-refractivity contribution in [3.8, 4) is 23.3 Å². The third-order valence-electron chi connectivity index (χ3n) is 5.04. The molecule has 32 heavy (non-hydrogen) atoms. The van der Waals surface area contributed by atoms with Crippen LogP contribution in [0.3, 0.4) is 0 Å². The SMILES string of the molecule is CCN(CC)S(=O)(=O)c1ccc(-c2nc(C#N)c(NCCc3ccc(OC)cc3)o2)cc1. The fourth-order valence-electron chi connectivity index (χ4n) is 3.23. The zero-order valence-corrected chi connectivity index (χ0v) is 19.1. The molecule has 0 unspecified atom stereocenters. The van der Waals surface area contributed by atoms with Gasteiger partial charge in [-0.15, -0.1) is 0 Å². The van der Waals surface area contributed by atoms with Crippen LogP contribution in [0.4, 0.5) is 5.88 Å². The van der Waals surface area contributed by atoms with Gasteiger partial charge in [-0.1, -0.05) is 26.0 Å². The molecule has 0 atom stereocenters. The summed E-state index contributed by atoms with van der Waals surface area (Å²) in [5.74, 6) is 1.33. The Morgan fingerprint density at radius 2 is 1.75 bits per heavy atom. The van der Waals surface area contributed by atoms with Crippen molar-refractivity contribution < 1.29 is 17.6 Å². The molecule has 2 aromatic carbocycles. The maximum Gasteiger partial charge on any atom is 0.243 e. The van der Waals surface area contributed by atoms with E-state index in [2.05, 4.69) is 10.3 Å². The zero-order valence-electron chi connectivity index (χ0n) is 18.3. The van der Waals surface area contributed by atoms with Crippen molar-refractivity contribution in [1.82, 2.24) is 9.29 Å². The number of aromatic nitrogens is 1. The maximum absolute atomic E-state index is 12.6. The number of ether oxygens (including phenoxy) is 1. The fraction of sp³-hybridized carbons (Fsp3) is 0.304. The summed E-state index contributed by atoms with van der Waals surface area (Å²) in [6.45, 7) is 4.95. The molecule has 8 nitrogen and oxygen atoms in total. The molecule has 0 aliphatic rings. The normalized spacial score (nSPS) is 11.3. The molecule has 0 aliphatic carbocycles. The topological polar surface area (TPSA) is 108 Å². The van der Waals surface area contributed by atoms with Gasteiger partial charge in [-0.05, 0) is 48.4 Å². The number of nitrogens with one attached hydrogen (secondary N) is 1. The number of methoxy groups -OCH3 is 1. The van der Waals surface area contributed by atoms with Crippen LogP contribution >= 0.6 is 0 Å². The molecular weight excluding hydrogens is 428 g/mol. The van der Waals surface area contributed by atoms with Crippen LogP contribution in [0.1, 0.15) is 25.1 Å². The first-order valence-electron chi connectivity index (χ1n) is 10.3. The van der Waals surface area contributed by atoms with Gasteiger partial charge >= 0.3 is 0 Å². The number of anilines is 1.